The highest BCUT2D eigenvalue weighted by atomic mass is 35.5. The molecule has 0 saturated carbocycles. The van der Waals surface area contributed by atoms with E-state index < -0.39 is 0 Å². The maximum absolute atomic E-state index is 13.5. The molecule has 2 amide bonds. The number of hydrazine groups is 1. The summed E-state index contributed by atoms with van der Waals surface area (Å²) in [6.45, 7) is 2.84. The molecular weight excluding hydrogens is 521 g/mol. The summed E-state index contributed by atoms with van der Waals surface area (Å²) in [5, 5.41) is 9.73. The zero-order valence-electron chi connectivity index (χ0n) is 21.9. The number of nitrogens with zero attached hydrogens (tertiary/aromatic N) is 3. The van der Waals surface area contributed by atoms with Gasteiger partial charge in [0, 0.05) is 38.9 Å². The average molecular weight is 559 g/mol. The fourth-order valence-electron chi connectivity index (χ4n) is 4.52. The molecule has 2 N–H and O–H groups in total. The molecule has 9 heteroatoms. The summed E-state index contributed by atoms with van der Waals surface area (Å²) in [6.07, 6.45) is 0.723. The molecule has 0 spiro atoms. The number of fused-ring (bicyclic) bond motifs is 1. The number of carbonyl (C=O) groups is 2. The van der Waals surface area contributed by atoms with Gasteiger partial charge in [0.2, 0.25) is 5.91 Å². The molecular formula is C29H37Cl2N5O2. The van der Waals surface area contributed by atoms with Crippen molar-refractivity contribution in [3.63, 3.8) is 0 Å². The van der Waals surface area contributed by atoms with E-state index in [9.17, 15) is 9.59 Å². The highest BCUT2D eigenvalue weighted by Gasteiger charge is 2.27. The van der Waals surface area contributed by atoms with Crippen LogP contribution in [0.5, 0.6) is 0 Å². The molecule has 0 saturated heterocycles. The van der Waals surface area contributed by atoms with Crippen molar-refractivity contribution in [2.24, 2.45) is 0 Å². The van der Waals surface area contributed by atoms with Crippen LogP contribution in [0.3, 0.4) is 0 Å². The van der Waals surface area contributed by atoms with Crippen molar-refractivity contribution in [2.45, 2.75) is 19.5 Å². The van der Waals surface area contributed by atoms with E-state index >= 15 is 0 Å². The van der Waals surface area contributed by atoms with E-state index in [0.717, 1.165) is 17.7 Å². The van der Waals surface area contributed by atoms with Gasteiger partial charge in [-0.15, -0.1) is 24.8 Å². The second-order valence-corrected chi connectivity index (χ2v) is 9.11. The number of benzene rings is 3. The smallest absolute Gasteiger partial charge is 0.256 e. The fourth-order valence-corrected chi connectivity index (χ4v) is 4.52. The standard InChI is InChI=1S/C29H35N5O2.2ClH/c1-30-16-17-31-28(35)21-33(27-15-9-8-12-24(27)18-23-10-4-3-5-11-23)22-29(36)32(2)34-19-25-13-6-7-14-26(25)20-34;;/h3-15,30H,16-22H2,1-2H3,(H,31,35);2*1H. The average Bonchev–Trinajstić information content (AvgIpc) is 3.33. The minimum Gasteiger partial charge on any atom is -0.353 e. The van der Waals surface area contributed by atoms with Crippen molar-refractivity contribution < 1.29 is 9.59 Å². The normalized spacial score (nSPS) is 12.1. The molecule has 1 aliphatic heterocycles. The van der Waals surface area contributed by atoms with Gasteiger partial charge in [0.15, 0.2) is 0 Å². The molecule has 0 unspecified atom stereocenters. The van der Waals surface area contributed by atoms with E-state index in [1.165, 1.54) is 16.7 Å². The van der Waals surface area contributed by atoms with Crippen LogP contribution in [0.25, 0.3) is 0 Å². The van der Waals surface area contributed by atoms with Crippen LogP contribution in [-0.2, 0) is 29.1 Å². The third kappa shape index (κ3) is 8.20. The summed E-state index contributed by atoms with van der Waals surface area (Å²) in [7, 11) is 3.67. The van der Waals surface area contributed by atoms with E-state index in [0.29, 0.717) is 26.2 Å². The first kappa shape index (κ1) is 31.1. The van der Waals surface area contributed by atoms with Gasteiger partial charge in [0.1, 0.15) is 0 Å². The number of carbonyl (C=O) groups excluding carboxylic acids is 2. The van der Waals surface area contributed by atoms with E-state index in [-0.39, 0.29) is 49.7 Å². The van der Waals surface area contributed by atoms with Crippen LogP contribution in [0.4, 0.5) is 5.69 Å². The monoisotopic (exact) mass is 557 g/mol. The number of amides is 2. The Balaban J connectivity index is 0.00000253. The van der Waals surface area contributed by atoms with Crippen molar-refractivity contribution in [3.8, 4) is 0 Å². The Morgan fingerprint density at radius 3 is 2.08 bits per heavy atom. The number of nitrogens with one attached hydrogen (secondary N) is 2. The summed E-state index contributed by atoms with van der Waals surface area (Å²) in [4.78, 5) is 28.2. The number of anilines is 1. The number of halogens is 2. The maximum Gasteiger partial charge on any atom is 0.256 e. The molecule has 1 aliphatic rings. The second kappa shape index (κ2) is 15.3. The van der Waals surface area contributed by atoms with Crippen molar-refractivity contribution >= 4 is 42.3 Å². The molecule has 3 aromatic rings. The number of hydrogen-bond acceptors (Lipinski definition) is 5. The molecule has 4 rings (SSSR count). The molecule has 0 fully saturated rings. The van der Waals surface area contributed by atoms with Crippen LogP contribution in [-0.4, -0.2) is 62.1 Å². The molecule has 0 radical (unpaired) electrons. The van der Waals surface area contributed by atoms with Crippen molar-refractivity contribution in [1.82, 2.24) is 20.7 Å². The third-order valence-electron chi connectivity index (χ3n) is 6.54. The zero-order chi connectivity index (χ0) is 25.3. The van der Waals surface area contributed by atoms with Gasteiger partial charge in [0.05, 0.1) is 13.1 Å². The van der Waals surface area contributed by atoms with Gasteiger partial charge in [0.25, 0.3) is 5.91 Å². The Bertz CT molecular complexity index is 1150. The van der Waals surface area contributed by atoms with Gasteiger partial charge in [-0.1, -0.05) is 72.8 Å². The predicted molar refractivity (Wildman–Crippen MR) is 158 cm³/mol. The topological polar surface area (TPSA) is 67.9 Å². The number of rotatable bonds is 11. The fraction of sp³-hybridized carbons (Fsp3) is 0.310. The van der Waals surface area contributed by atoms with Gasteiger partial charge in [-0.3, -0.25) is 14.6 Å². The maximum atomic E-state index is 13.5. The number of para-hydroxylation sites is 1. The van der Waals surface area contributed by atoms with E-state index in [4.69, 9.17) is 0 Å². The van der Waals surface area contributed by atoms with Crippen LogP contribution >= 0.6 is 24.8 Å². The van der Waals surface area contributed by atoms with E-state index in [1.54, 1.807) is 5.01 Å². The summed E-state index contributed by atoms with van der Waals surface area (Å²) < 4.78 is 0. The van der Waals surface area contributed by atoms with Crippen molar-refractivity contribution in [1.29, 1.82) is 0 Å². The van der Waals surface area contributed by atoms with Crippen molar-refractivity contribution in [3.05, 3.63) is 101 Å². The molecule has 204 valence electrons. The minimum atomic E-state index is -0.108. The Morgan fingerprint density at radius 1 is 0.816 bits per heavy atom. The first-order valence-corrected chi connectivity index (χ1v) is 12.4. The van der Waals surface area contributed by atoms with E-state index in [2.05, 4.69) is 41.0 Å². The molecule has 0 aliphatic carbocycles. The third-order valence-corrected chi connectivity index (χ3v) is 6.54. The minimum absolute atomic E-state index is 0. The highest BCUT2D eigenvalue weighted by molar-refractivity contribution is 5.87. The summed E-state index contributed by atoms with van der Waals surface area (Å²) in [6, 6.07) is 26.5. The summed E-state index contributed by atoms with van der Waals surface area (Å²) in [5.74, 6) is -0.163. The quantitative estimate of drug-likeness (QED) is 0.352. The lowest BCUT2D eigenvalue weighted by atomic mass is 10.0. The number of hydrogen-bond donors (Lipinski definition) is 2. The lowest BCUT2D eigenvalue weighted by molar-refractivity contribution is -0.145. The molecule has 0 bridgehead atoms. The van der Waals surface area contributed by atoms with Gasteiger partial charge in [-0.2, -0.15) is 0 Å². The second-order valence-electron chi connectivity index (χ2n) is 9.11. The number of likely N-dealkylation sites (N-methyl/N-ethyl adjacent to an activating group) is 2. The predicted octanol–water partition coefficient (Wildman–Crippen LogP) is 3.65. The Labute approximate surface area is 238 Å². The van der Waals surface area contributed by atoms with Crippen LogP contribution < -0.4 is 15.5 Å². The summed E-state index contributed by atoms with van der Waals surface area (Å²) in [5.41, 5.74) is 5.64. The largest absolute Gasteiger partial charge is 0.353 e. The Morgan fingerprint density at radius 2 is 1.42 bits per heavy atom. The summed E-state index contributed by atoms with van der Waals surface area (Å²) >= 11 is 0. The van der Waals surface area contributed by atoms with Crippen molar-refractivity contribution in [2.75, 3.05) is 45.2 Å². The SMILES string of the molecule is CNCCNC(=O)CN(CC(=O)N(C)N1Cc2ccccc2C1)c1ccccc1Cc1ccccc1.Cl.Cl. The molecule has 0 aromatic heterocycles. The molecule has 7 nitrogen and oxygen atoms in total. The first-order chi connectivity index (χ1) is 17.5. The lowest BCUT2D eigenvalue weighted by Gasteiger charge is -2.32. The Hall–Kier alpha value is -3.10. The Kier molecular flexibility index (Phi) is 12.6. The van der Waals surface area contributed by atoms with Gasteiger partial charge >= 0.3 is 0 Å². The van der Waals surface area contributed by atoms with Gasteiger partial charge in [-0.25, -0.2) is 5.01 Å². The molecule has 38 heavy (non-hydrogen) atoms. The first-order valence-electron chi connectivity index (χ1n) is 12.4. The van der Waals surface area contributed by atoms with Gasteiger partial charge in [-0.05, 0) is 41.8 Å². The molecule has 3 aromatic carbocycles. The van der Waals surface area contributed by atoms with Crippen LogP contribution in [0, 0.1) is 0 Å². The zero-order valence-corrected chi connectivity index (χ0v) is 23.6. The highest BCUT2D eigenvalue weighted by Crippen LogP contribution is 2.25. The molecule has 0 atom stereocenters. The van der Waals surface area contributed by atoms with Crippen LogP contribution in [0.1, 0.15) is 22.3 Å². The van der Waals surface area contributed by atoms with Gasteiger partial charge < -0.3 is 15.5 Å². The van der Waals surface area contributed by atoms with Crippen LogP contribution in [0.15, 0.2) is 78.9 Å². The lowest BCUT2D eigenvalue weighted by Crippen LogP contribution is -2.48. The van der Waals surface area contributed by atoms with Crippen LogP contribution in [0.2, 0.25) is 0 Å². The molecule has 1 heterocycles. The van der Waals surface area contributed by atoms with E-state index in [1.807, 2.05) is 72.5 Å².